The number of amides is 4. The number of nitrogens with one attached hydrogen (secondary N) is 1. The molecule has 0 aliphatic carbocycles. The van der Waals surface area contributed by atoms with Crippen molar-refractivity contribution in [3.8, 4) is 5.75 Å². The van der Waals surface area contributed by atoms with Crippen molar-refractivity contribution >= 4 is 70.4 Å². The lowest BCUT2D eigenvalue weighted by molar-refractivity contribution is -0.122. The number of halogens is 3. The van der Waals surface area contributed by atoms with E-state index >= 15 is 0 Å². The van der Waals surface area contributed by atoms with Crippen molar-refractivity contribution in [1.29, 1.82) is 0 Å². The van der Waals surface area contributed by atoms with Crippen LogP contribution in [-0.2, 0) is 20.9 Å². The highest BCUT2D eigenvalue weighted by Gasteiger charge is 2.37. The van der Waals surface area contributed by atoms with Crippen LogP contribution >= 0.6 is 34.8 Å². The standard InChI is InChI=1S/C26H17Cl3N2O6/c1-36-25(34)14-3-7-19(8-4-14)31-24(33)20(23(32)30-26(31)35)11-16-10-17(27)6-9-22(16)37-13-15-2-5-18(28)12-21(15)29/h2-12H,13H2,1H3,(H,30,32,35)/b20-11+. The van der Waals surface area contributed by atoms with Gasteiger partial charge in [-0.05, 0) is 60.7 Å². The van der Waals surface area contributed by atoms with Crippen LogP contribution in [0.15, 0.2) is 66.2 Å². The Bertz CT molecular complexity index is 1450. The number of barbiturate groups is 1. The fraction of sp³-hybridized carbons (Fsp3) is 0.0769. The first-order valence-corrected chi connectivity index (χ1v) is 11.8. The van der Waals surface area contributed by atoms with E-state index < -0.39 is 23.8 Å². The molecule has 0 saturated carbocycles. The molecular formula is C26H17Cl3N2O6. The summed E-state index contributed by atoms with van der Waals surface area (Å²) in [7, 11) is 1.23. The van der Waals surface area contributed by atoms with Crippen molar-refractivity contribution in [3.63, 3.8) is 0 Å². The zero-order valence-electron chi connectivity index (χ0n) is 19.1. The van der Waals surface area contributed by atoms with Gasteiger partial charge in [0.2, 0.25) is 0 Å². The minimum atomic E-state index is -0.932. The van der Waals surface area contributed by atoms with Crippen LogP contribution in [0.5, 0.6) is 5.75 Å². The third kappa shape index (κ3) is 5.77. The van der Waals surface area contributed by atoms with E-state index in [-0.39, 0.29) is 23.4 Å². The van der Waals surface area contributed by atoms with Gasteiger partial charge in [0.05, 0.1) is 18.4 Å². The molecule has 3 aromatic rings. The first kappa shape index (κ1) is 26.2. The van der Waals surface area contributed by atoms with Crippen LogP contribution < -0.4 is 15.0 Å². The lowest BCUT2D eigenvalue weighted by Crippen LogP contribution is -2.54. The third-order valence-electron chi connectivity index (χ3n) is 5.32. The highest BCUT2D eigenvalue weighted by molar-refractivity contribution is 6.39. The first-order valence-electron chi connectivity index (χ1n) is 10.6. The number of urea groups is 1. The molecule has 188 valence electrons. The number of esters is 1. The molecular weight excluding hydrogens is 543 g/mol. The number of carbonyl (C=O) groups is 4. The van der Waals surface area contributed by atoms with Crippen LogP contribution in [0, 0.1) is 0 Å². The predicted molar refractivity (Wildman–Crippen MR) is 139 cm³/mol. The van der Waals surface area contributed by atoms with Crippen molar-refractivity contribution in [2.45, 2.75) is 6.61 Å². The summed E-state index contributed by atoms with van der Waals surface area (Å²) in [6.07, 6.45) is 1.28. The van der Waals surface area contributed by atoms with Crippen LogP contribution in [0.3, 0.4) is 0 Å². The molecule has 1 aliphatic heterocycles. The lowest BCUT2D eigenvalue weighted by Gasteiger charge is -2.26. The highest BCUT2D eigenvalue weighted by atomic mass is 35.5. The Balaban J connectivity index is 1.65. The quantitative estimate of drug-likeness (QED) is 0.237. The van der Waals surface area contributed by atoms with Crippen molar-refractivity contribution in [3.05, 3.63) is 98.0 Å². The Morgan fingerprint density at radius 1 is 0.946 bits per heavy atom. The Kier molecular flexibility index (Phi) is 7.83. The molecule has 1 N–H and O–H groups in total. The smallest absolute Gasteiger partial charge is 0.337 e. The fourth-order valence-corrected chi connectivity index (χ4v) is 4.11. The van der Waals surface area contributed by atoms with E-state index in [0.717, 1.165) is 4.90 Å². The van der Waals surface area contributed by atoms with Crippen molar-refractivity contribution < 1.29 is 28.7 Å². The highest BCUT2D eigenvalue weighted by Crippen LogP contribution is 2.30. The summed E-state index contributed by atoms with van der Waals surface area (Å²) >= 11 is 18.3. The molecule has 4 amide bonds. The van der Waals surface area contributed by atoms with Gasteiger partial charge in [-0.3, -0.25) is 14.9 Å². The molecule has 1 fully saturated rings. The number of ether oxygens (including phenoxy) is 2. The van der Waals surface area contributed by atoms with E-state index in [0.29, 0.717) is 31.9 Å². The number of anilines is 1. The van der Waals surface area contributed by atoms with Gasteiger partial charge in [0.25, 0.3) is 11.8 Å². The summed E-state index contributed by atoms with van der Waals surface area (Å²) in [5.74, 6) is -2.02. The third-order valence-corrected chi connectivity index (χ3v) is 6.14. The number of carbonyl (C=O) groups excluding carboxylic acids is 4. The molecule has 4 rings (SSSR count). The zero-order chi connectivity index (χ0) is 26.7. The Morgan fingerprint density at radius 3 is 2.30 bits per heavy atom. The molecule has 3 aromatic carbocycles. The van der Waals surface area contributed by atoms with Gasteiger partial charge in [0, 0.05) is 26.2 Å². The summed E-state index contributed by atoms with van der Waals surface area (Å²) in [6, 6.07) is 14.3. The van der Waals surface area contributed by atoms with Crippen molar-refractivity contribution in [1.82, 2.24) is 5.32 Å². The maximum atomic E-state index is 13.3. The molecule has 0 bridgehead atoms. The van der Waals surface area contributed by atoms with E-state index in [9.17, 15) is 19.2 Å². The second-order valence-corrected chi connectivity index (χ2v) is 8.98. The Labute approximate surface area is 226 Å². The molecule has 0 atom stereocenters. The number of hydrogen-bond donors (Lipinski definition) is 1. The minimum Gasteiger partial charge on any atom is -0.488 e. The lowest BCUT2D eigenvalue weighted by atomic mass is 10.1. The van der Waals surface area contributed by atoms with Gasteiger partial charge in [-0.1, -0.05) is 40.9 Å². The number of methoxy groups -OCH3 is 1. The summed E-state index contributed by atoms with van der Waals surface area (Å²) in [6.45, 7) is 0.0745. The number of hydrogen-bond acceptors (Lipinski definition) is 6. The van der Waals surface area contributed by atoms with Gasteiger partial charge in [0.15, 0.2) is 0 Å². The van der Waals surface area contributed by atoms with E-state index in [2.05, 4.69) is 10.1 Å². The molecule has 11 heteroatoms. The second-order valence-electron chi connectivity index (χ2n) is 7.70. The number of rotatable bonds is 6. The van der Waals surface area contributed by atoms with Gasteiger partial charge in [-0.15, -0.1) is 0 Å². The first-order chi connectivity index (χ1) is 17.7. The summed E-state index contributed by atoms with van der Waals surface area (Å²) in [4.78, 5) is 50.9. The molecule has 1 heterocycles. The van der Waals surface area contributed by atoms with Crippen LogP contribution in [0.1, 0.15) is 21.5 Å². The van der Waals surface area contributed by atoms with Crippen LogP contribution in [-0.4, -0.2) is 30.9 Å². The molecule has 0 aromatic heterocycles. The molecule has 37 heavy (non-hydrogen) atoms. The van der Waals surface area contributed by atoms with Gasteiger partial charge in [0.1, 0.15) is 17.9 Å². The summed E-state index contributed by atoms with van der Waals surface area (Å²) in [5, 5.41) is 3.37. The monoisotopic (exact) mass is 558 g/mol. The van der Waals surface area contributed by atoms with Gasteiger partial charge < -0.3 is 9.47 Å². The Morgan fingerprint density at radius 2 is 1.62 bits per heavy atom. The maximum Gasteiger partial charge on any atom is 0.337 e. The molecule has 0 unspecified atom stereocenters. The largest absolute Gasteiger partial charge is 0.488 e. The molecule has 8 nitrogen and oxygen atoms in total. The van der Waals surface area contributed by atoms with Crippen LogP contribution in [0.2, 0.25) is 15.1 Å². The molecule has 1 aliphatic rings. The zero-order valence-corrected chi connectivity index (χ0v) is 21.4. The molecule has 0 spiro atoms. The average Bonchev–Trinajstić information content (AvgIpc) is 2.86. The fourth-order valence-electron chi connectivity index (χ4n) is 3.47. The minimum absolute atomic E-state index is 0.0745. The van der Waals surface area contributed by atoms with Crippen LogP contribution in [0.4, 0.5) is 10.5 Å². The van der Waals surface area contributed by atoms with Gasteiger partial charge in [-0.2, -0.15) is 0 Å². The van der Waals surface area contributed by atoms with Crippen LogP contribution in [0.25, 0.3) is 6.08 Å². The predicted octanol–water partition coefficient (Wildman–Crippen LogP) is 5.68. The summed E-state index contributed by atoms with van der Waals surface area (Å²) < 4.78 is 10.5. The van der Waals surface area contributed by atoms with E-state index in [1.54, 1.807) is 30.3 Å². The molecule has 1 saturated heterocycles. The normalized spacial score (nSPS) is 14.5. The molecule has 0 radical (unpaired) electrons. The summed E-state index contributed by atoms with van der Waals surface area (Å²) in [5.41, 5.74) is 1.04. The van der Waals surface area contributed by atoms with Gasteiger partial charge >= 0.3 is 12.0 Å². The number of nitrogens with zero attached hydrogens (tertiary/aromatic N) is 1. The Hall–Kier alpha value is -3.85. The second kappa shape index (κ2) is 11.0. The average molecular weight is 560 g/mol. The van der Waals surface area contributed by atoms with Crippen molar-refractivity contribution in [2.24, 2.45) is 0 Å². The van der Waals surface area contributed by atoms with E-state index in [4.69, 9.17) is 39.5 Å². The number of imide groups is 2. The topological polar surface area (TPSA) is 102 Å². The van der Waals surface area contributed by atoms with Gasteiger partial charge in [-0.25, -0.2) is 14.5 Å². The maximum absolute atomic E-state index is 13.3. The number of benzene rings is 3. The van der Waals surface area contributed by atoms with Crippen molar-refractivity contribution in [2.75, 3.05) is 12.0 Å². The van der Waals surface area contributed by atoms with E-state index in [1.807, 2.05) is 0 Å². The van der Waals surface area contributed by atoms with E-state index in [1.165, 1.54) is 43.5 Å². The SMILES string of the molecule is COC(=O)c1ccc(N2C(=O)NC(=O)/C(=C\c3cc(Cl)ccc3OCc3ccc(Cl)cc3Cl)C2=O)cc1.